The quantitative estimate of drug-likeness (QED) is 0.610. The summed E-state index contributed by atoms with van der Waals surface area (Å²) in [6.07, 6.45) is 1.13. The molecule has 1 saturated heterocycles. The van der Waals surface area contributed by atoms with Gasteiger partial charge in [0.2, 0.25) is 0 Å². The van der Waals surface area contributed by atoms with Crippen molar-refractivity contribution in [3.8, 4) is 16.9 Å². The summed E-state index contributed by atoms with van der Waals surface area (Å²) in [5.74, 6) is 0.0953. The Hall–Kier alpha value is -3.15. The lowest BCUT2D eigenvalue weighted by Crippen LogP contribution is -2.53. The molecule has 0 aromatic heterocycles. The number of carbonyl (C=O) groups excluding carboxylic acids is 1. The van der Waals surface area contributed by atoms with Crippen molar-refractivity contribution in [3.63, 3.8) is 0 Å². The first kappa shape index (κ1) is 21.1. The molecule has 3 aromatic carbocycles. The molecule has 1 heterocycles. The third-order valence-corrected chi connectivity index (χ3v) is 6.09. The Morgan fingerprint density at radius 1 is 1.06 bits per heavy atom. The van der Waals surface area contributed by atoms with Crippen LogP contribution in [0.3, 0.4) is 0 Å². The number of aliphatic hydroxyl groups is 1. The van der Waals surface area contributed by atoms with Crippen LogP contribution >= 0.6 is 0 Å². The number of primary amides is 1. The van der Waals surface area contributed by atoms with Gasteiger partial charge in [-0.1, -0.05) is 60.7 Å². The van der Waals surface area contributed by atoms with E-state index in [4.69, 9.17) is 10.5 Å². The molecule has 1 aliphatic heterocycles. The lowest BCUT2D eigenvalue weighted by Gasteiger charge is -2.30. The van der Waals surface area contributed by atoms with Crippen molar-refractivity contribution in [2.24, 2.45) is 5.73 Å². The lowest BCUT2D eigenvalue weighted by molar-refractivity contribution is -0.154. The van der Waals surface area contributed by atoms with E-state index in [0.717, 1.165) is 23.3 Å². The third kappa shape index (κ3) is 4.48. The van der Waals surface area contributed by atoms with E-state index < -0.39 is 11.6 Å². The van der Waals surface area contributed by atoms with Crippen molar-refractivity contribution in [1.29, 1.82) is 0 Å². The number of amides is 1. The van der Waals surface area contributed by atoms with Crippen molar-refractivity contribution in [2.75, 3.05) is 6.54 Å². The van der Waals surface area contributed by atoms with E-state index in [-0.39, 0.29) is 0 Å². The van der Waals surface area contributed by atoms with Crippen LogP contribution in [0.5, 0.6) is 5.75 Å². The van der Waals surface area contributed by atoms with Crippen LogP contribution in [-0.4, -0.2) is 28.2 Å². The monoisotopic (exact) mass is 416 g/mol. The summed E-state index contributed by atoms with van der Waals surface area (Å²) in [4.78, 5) is 13.4. The summed E-state index contributed by atoms with van der Waals surface area (Å²) in [5, 5.41) is 10.5. The summed E-state index contributed by atoms with van der Waals surface area (Å²) < 4.78 is 6.03. The van der Waals surface area contributed by atoms with Gasteiger partial charge in [0.25, 0.3) is 5.91 Å². The Labute approximate surface area is 183 Å². The van der Waals surface area contributed by atoms with Gasteiger partial charge in [0.1, 0.15) is 12.4 Å². The fraction of sp³-hybridized carbons (Fsp3) is 0.269. The number of hydrogen-bond donors (Lipinski definition) is 2. The molecule has 1 fully saturated rings. The van der Waals surface area contributed by atoms with Crippen LogP contribution in [0.1, 0.15) is 29.5 Å². The minimum Gasteiger partial charge on any atom is -0.489 e. The number of hydrogen-bond acceptors (Lipinski definition) is 4. The van der Waals surface area contributed by atoms with Gasteiger partial charge in [-0.25, -0.2) is 0 Å². The Morgan fingerprint density at radius 3 is 2.52 bits per heavy atom. The molecule has 160 valence electrons. The molecule has 0 aliphatic carbocycles. The first-order valence-corrected chi connectivity index (χ1v) is 10.6. The summed E-state index contributed by atoms with van der Waals surface area (Å²) in [5.41, 5.74) is 9.63. The Bertz CT molecular complexity index is 1050. The second kappa shape index (κ2) is 8.92. The van der Waals surface area contributed by atoms with Crippen molar-refractivity contribution >= 4 is 5.91 Å². The number of benzene rings is 3. The maximum atomic E-state index is 11.7. The van der Waals surface area contributed by atoms with Crippen LogP contribution in [0.15, 0.2) is 72.8 Å². The zero-order valence-corrected chi connectivity index (χ0v) is 17.8. The average Bonchev–Trinajstić information content (AvgIpc) is 3.16. The van der Waals surface area contributed by atoms with E-state index in [9.17, 15) is 9.90 Å². The number of carbonyl (C=O) groups is 1. The van der Waals surface area contributed by atoms with Crippen LogP contribution in [0.2, 0.25) is 0 Å². The van der Waals surface area contributed by atoms with E-state index in [1.807, 2.05) is 42.5 Å². The van der Waals surface area contributed by atoms with Gasteiger partial charge in [-0.05, 0) is 53.3 Å². The maximum absolute atomic E-state index is 11.7. The molecule has 0 saturated carbocycles. The van der Waals surface area contributed by atoms with Crippen LogP contribution in [0.4, 0.5) is 0 Å². The van der Waals surface area contributed by atoms with E-state index in [1.54, 1.807) is 4.90 Å². The number of nitrogens with zero attached hydrogens (tertiary/aromatic N) is 1. The summed E-state index contributed by atoms with van der Waals surface area (Å²) in [6.45, 7) is 3.73. The summed E-state index contributed by atoms with van der Waals surface area (Å²) >= 11 is 0. The predicted octanol–water partition coefficient (Wildman–Crippen LogP) is 4.01. The van der Waals surface area contributed by atoms with Crippen LogP contribution in [0, 0.1) is 6.92 Å². The molecular weight excluding hydrogens is 388 g/mol. The Morgan fingerprint density at radius 2 is 1.81 bits per heavy atom. The molecule has 5 nitrogen and oxygen atoms in total. The molecule has 4 rings (SSSR count). The Kier molecular flexibility index (Phi) is 6.07. The molecule has 1 amide bonds. The molecule has 1 atom stereocenters. The van der Waals surface area contributed by atoms with Gasteiger partial charge in [-0.15, -0.1) is 0 Å². The van der Waals surface area contributed by atoms with Crippen LogP contribution in [-0.2, 0) is 17.9 Å². The highest BCUT2D eigenvalue weighted by Gasteiger charge is 2.44. The highest BCUT2D eigenvalue weighted by Crippen LogP contribution is 2.29. The van der Waals surface area contributed by atoms with Crippen LogP contribution < -0.4 is 10.5 Å². The van der Waals surface area contributed by atoms with E-state index in [2.05, 4.69) is 37.3 Å². The molecule has 0 spiro atoms. The minimum absolute atomic E-state index is 0.380. The number of ether oxygens (including phenoxy) is 1. The molecule has 1 unspecified atom stereocenters. The standard InChI is InChI=1S/C26H28N2O3/c1-19-22(9-5-10-24(19)21-7-3-2-4-8-21)18-31-23-13-11-20(12-14-23)17-28-16-6-15-26(28,30)25(27)29/h2-5,7-14,30H,6,15-18H2,1H3,(H2,27,29). The van der Waals surface area contributed by atoms with E-state index in [0.29, 0.717) is 26.1 Å². The molecular formula is C26H28N2O3. The largest absolute Gasteiger partial charge is 0.489 e. The van der Waals surface area contributed by atoms with Crippen molar-refractivity contribution in [2.45, 2.75) is 38.6 Å². The van der Waals surface area contributed by atoms with Gasteiger partial charge < -0.3 is 15.6 Å². The fourth-order valence-corrected chi connectivity index (χ4v) is 4.19. The zero-order valence-electron chi connectivity index (χ0n) is 17.8. The Balaban J connectivity index is 1.41. The lowest BCUT2D eigenvalue weighted by atomic mass is 9.97. The van der Waals surface area contributed by atoms with Gasteiger partial charge in [-0.3, -0.25) is 9.69 Å². The van der Waals surface area contributed by atoms with Gasteiger partial charge in [0.05, 0.1) is 0 Å². The molecule has 1 aliphatic rings. The SMILES string of the molecule is Cc1c(COc2ccc(CN3CCCC3(O)C(N)=O)cc2)cccc1-c1ccccc1. The number of nitrogens with two attached hydrogens (primary N) is 1. The van der Waals surface area contributed by atoms with Gasteiger partial charge in [-0.2, -0.15) is 0 Å². The number of likely N-dealkylation sites (tertiary alicyclic amines) is 1. The van der Waals surface area contributed by atoms with Crippen molar-refractivity contribution in [3.05, 3.63) is 89.5 Å². The smallest absolute Gasteiger partial charge is 0.264 e. The maximum Gasteiger partial charge on any atom is 0.264 e. The number of rotatable bonds is 7. The summed E-state index contributed by atoms with van der Waals surface area (Å²) in [7, 11) is 0. The fourth-order valence-electron chi connectivity index (χ4n) is 4.19. The molecule has 3 aromatic rings. The minimum atomic E-state index is -1.55. The third-order valence-electron chi connectivity index (χ3n) is 6.09. The summed E-state index contributed by atoms with van der Waals surface area (Å²) in [6, 6.07) is 24.4. The van der Waals surface area contributed by atoms with Gasteiger partial charge >= 0.3 is 0 Å². The highest BCUT2D eigenvalue weighted by molar-refractivity contribution is 5.83. The second-order valence-corrected chi connectivity index (χ2v) is 8.09. The van der Waals surface area contributed by atoms with Gasteiger partial charge in [0.15, 0.2) is 5.72 Å². The molecule has 3 N–H and O–H groups in total. The first-order valence-electron chi connectivity index (χ1n) is 10.6. The first-order chi connectivity index (χ1) is 15.0. The molecule has 5 heteroatoms. The van der Waals surface area contributed by atoms with E-state index in [1.165, 1.54) is 16.7 Å². The zero-order chi connectivity index (χ0) is 21.8. The average molecular weight is 417 g/mol. The second-order valence-electron chi connectivity index (χ2n) is 8.09. The molecule has 0 radical (unpaired) electrons. The topological polar surface area (TPSA) is 75.8 Å². The van der Waals surface area contributed by atoms with Crippen molar-refractivity contribution in [1.82, 2.24) is 4.90 Å². The normalized spacial score (nSPS) is 18.8. The molecule has 31 heavy (non-hydrogen) atoms. The molecule has 0 bridgehead atoms. The predicted molar refractivity (Wildman–Crippen MR) is 121 cm³/mol. The highest BCUT2D eigenvalue weighted by atomic mass is 16.5. The van der Waals surface area contributed by atoms with E-state index >= 15 is 0 Å². The van der Waals surface area contributed by atoms with Gasteiger partial charge in [0, 0.05) is 19.5 Å². The van der Waals surface area contributed by atoms with Crippen molar-refractivity contribution < 1.29 is 14.6 Å². The van der Waals surface area contributed by atoms with Crippen LogP contribution in [0.25, 0.3) is 11.1 Å².